The van der Waals surface area contributed by atoms with E-state index in [2.05, 4.69) is 0 Å². The molecule has 1 aromatic rings. The van der Waals surface area contributed by atoms with Gasteiger partial charge < -0.3 is 5.73 Å². The number of benzene rings is 1. The smallest absolute Gasteiger partial charge is 0.303 e. The lowest BCUT2D eigenvalue weighted by Gasteiger charge is -2.23. The quantitative estimate of drug-likeness (QED) is 0.877. The molecule has 6 heteroatoms. The van der Waals surface area contributed by atoms with Gasteiger partial charge in [-0.15, -0.1) is 0 Å². The third kappa shape index (κ3) is 2.11. The molecule has 1 aliphatic heterocycles. The zero-order valence-corrected chi connectivity index (χ0v) is 11.5. The van der Waals surface area contributed by atoms with E-state index in [1.807, 2.05) is 24.3 Å². The topological polar surface area (TPSA) is 66.6 Å². The molecule has 18 heavy (non-hydrogen) atoms. The number of fused-ring (bicyclic) bond motifs is 1. The van der Waals surface area contributed by atoms with Crippen LogP contribution < -0.4 is 10.0 Å². The fourth-order valence-corrected chi connectivity index (χ4v) is 3.50. The van der Waals surface area contributed by atoms with Crippen molar-refractivity contribution in [1.82, 2.24) is 4.31 Å². The number of hydrogen-bond donors (Lipinski definition) is 1. The van der Waals surface area contributed by atoms with E-state index in [0.29, 0.717) is 13.1 Å². The lowest BCUT2D eigenvalue weighted by Crippen LogP contribution is -2.39. The largest absolute Gasteiger partial charge is 0.330 e. The highest BCUT2D eigenvalue weighted by molar-refractivity contribution is 7.90. The lowest BCUT2D eigenvalue weighted by molar-refractivity contribution is 0.514. The molecule has 0 aliphatic carbocycles. The van der Waals surface area contributed by atoms with Gasteiger partial charge in [0.2, 0.25) is 0 Å². The summed E-state index contributed by atoms with van der Waals surface area (Å²) in [4.78, 5) is 0. The van der Waals surface area contributed by atoms with Crippen LogP contribution in [0.15, 0.2) is 24.3 Å². The summed E-state index contributed by atoms with van der Waals surface area (Å²) < 4.78 is 27.3. The van der Waals surface area contributed by atoms with E-state index in [1.165, 1.54) is 8.61 Å². The van der Waals surface area contributed by atoms with Crippen LogP contribution in [-0.4, -0.2) is 39.9 Å². The first-order valence-electron chi connectivity index (χ1n) is 5.97. The van der Waals surface area contributed by atoms with E-state index < -0.39 is 10.2 Å². The first-order valence-corrected chi connectivity index (χ1v) is 7.37. The number of para-hydroxylation sites is 1. The summed E-state index contributed by atoms with van der Waals surface area (Å²) in [6, 6.07) is 7.64. The van der Waals surface area contributed by atoms with Crippen LogP contribution in [-0.2, 0) is 10.2 Å². The van der Waals surface area contributed by atoms with Crippen LogP contribution in [0.3, 0.4) is 0 Å². The maximum Gasteiger partial charge on any atom is 0.303 e. The van der Waals surface area contributed by atoms with Crippen molar-refractivity contribution in [1.29, 1.82) is 0 Å². The van der Waals surface area contributed by atoms with Crippen molar-refractivity contribution < 1.29 is 8.42 Å². The molecule has 1 atom stereocenters. The van der Waals surface area contributed by atoms with E-state index in [-0.39, 0.29) is 5.92 Å². The van der Waals surface area contributed by atoms with Crippen LogP contribution in [0.1, 0.15) is 17.9 Å². The Morgan fingerprint density at radius 2 is 2.06 bits per heavy atom. The molecule has 0 amide bonds. The summed E-state index contributed by atoms with van der Waals surface area (Å²) in [7, 11) is -0.316. The molecular weight excluding hydrogens is 250 g/mol. The Bertz CT molecular complexity index is 528. The van der Waals surface area contributed by atoms with Gasteiger partial charge in [-0.05, 0) is 24.6 Å². The van der Waals surface area contributed by atoms with Gasteiger partial charge in [-0.3, -0.25) is 4.31 Å². The van der Waals surface area contributed by atoms with Gasteiger partial charge in [0.1, 0.15) is 0 Å². The molecule has 1 heterocycles. The van der Waals surface area contributed by atoms with Gasteiger partial charge in [0, 0.05) is 26.6 Å². The molecule has 0 aromatic heterocycles. The van der Waals surface area contributed by atoms with Gasteiger partial charge in [0.15, 0.2) is 0 Å². The summed E-state index contributed by atoms with van der Waals surface area (Å²) in [5.41, 5.74) is 7.46. The summed E-state index contributed by atoms with van der Waals surface area (Å²) in [6.45, 7) is 1.05. The molecule has 0 saturated carbocycles. The number of anilines is 1. The molecule has 0 bridgehead atoms. The highest BCUT2D eigenvalue weighted by Crippen LogP contribution is 2.39. The first kappa shape index (κ1) is 13.3. The number of hydrogen-bond acceptors (Lipinski definition) is 3. The highest BCUT2D eigenvalue weighted by Gasteiger charge is 2.35. The second-order valence-electron chi connectivity index (χ2n) is 4.65. The van der Waals surface area contributed by atoms with Crippen LogP contribution in [0.2, 0.25) is 0 Å². The van der Waals surface area contributed by atoms with Crippen molar-refractivity contribution in [2.75, 3.05) is 31.5 Å². The maximum atomic E-state index is 12.3. The monoisotopic (exact) mass is 269 g/mol. The summed E-state index contributed by atoms with van der Waals surface area (Å²) >= 11 is 0. The van der Waals surface area contributed by atoms with Gasteiger partial charge in [-0.1, -0.05) is 18.2 Å². The average molecular weight is 269 g/mol. The number of rotatable bonds is 4. The average Bonchev–Trinajstić information content (AvgIpc) is 2.70. The molecule has 1 aromatic carbocycles. The van der Waals surface area contributed by atoms with Crippen molar-refractivity contribution >= 4 is 15.9 Å². The third-order valence-corrected chi connectivity index (χ3v) is 5.11. The molecular formula is C12H19N3O2S. The van der Waals surface area contributed by atoms with Gasteiger partial charge in [-0.2, -0.15) is 12.7 Å². The minimum atomic E-state index is -3.42. The van der Waals surface area contributed by atoms with E-state index in [4.69, 9.17) is 5.73 Å². The predicted octanol–water partition coefficient (Wildman–Crippen LogP) is 0.745. The number of nitrogens with zero attached hydrogens (tertiary/aromatic N) is 2. The zero-order chi connectivity index (χ0) is 13.3. The SMILES string of the molecule is CN(C)S(=O)(=O)N1CC(CCN)c2ccccc21. The fraction of sp³-hybridized carbons (Fsp3) is 0.500. The first-order chi connectivity index (χ1) is 8.48. The fourth-order valence-electron chi connectivity index (χ4n) is 2.32. The van der Waals surface area contributed by atoms with Crippen molar-refractivity contribution in [2.45, 2.75) is 12.3 Å². The van der Waals surface area contributed by atoms with Crippen LogP contribution >= 0.6 is 0 Å². The van der Waals surface area contributed by atoms with E-state index in [9.17, 15) is 8.42 Å². The van der Waals surface area contributed by atoms with Gasteiger partial charge in [0.05, 0.1) is 5.69 Å². The molecule has 0 spiro atoms. The molecule has 0 fully saturated rings. The Morgan fingerprint density at radius 3 is 2.67 bits per heavy atom. The Kier molecular flexibility index (Phi) is 3.61. The van der Waals surface area contributed by atoms with Crippen molar-refractivity contribution in [3.8, 4) is 0 Å². The summed E-state index contributed by atoms with van der Waals surface area (Å²) in [5.74, 6) is 0.195. The van der Waals surface area contributed by atoms with E-state index in [0.717, 1.165) is 17.7 Å². The standard InChI is InChI=1S/C12H19N3O2S/c1-14(2)18(16,17)15-9-10(7-8-13)11-5-3-4-6-12(11)15/h3-6,10H,7-9,13H2,1-2H3. The second kappa shape index (κ2) is 4.87. The Hall–Kier alpha value is -1.11. The molecule has 5 nitrogen and oxygen atoms in total. The predicted molar refractivity (Wildman–Crippen MR) is 72.8 cm³/mol. The minimum Gasteiger partial charge on any atom is -0.330 e. The van der Waals surface area contributed by atoms with Crippen molar-refractivity contribution in [2.24, 2.45) is 5.73 Å². The van der Waals surface area contributed by atoms with Gasteiger partial charge in [-0.25, -0.2) is 0 Å². The molecule has 1 aliphatic rings. The van der Waals surface area contributed by atoms with Crippen LogP contribution in [0.4, 0.5) is 5.69 Å². The van der Waals surface area contributed by atoms with Crippen molar-refractivity contribution in [3.63, 3.8) is 0 Å². The highest BCUT2D eigenvalue weighted by atomic mass is 32.2. The molecule has 1 unspecified atom stereocenters. The Morgan fingerprint density at radius 1 is 1.39 bits per heavy atom. The third-order valence-electron chi connectivity index (χ3n) is 3.29. The summed E-state index contributed by atoms with van der Waals surface area (Å²) in [5, 5.41) is 0. The van der Waals surface area contributed by atoms with E-state index in [1.54, 1.807) is 14.1 Å². The normalized spacial score (nSPS) is 19.3. The van der Waals surface area contributed by atoms with Crippen LogP contribution in [0, 0.1) is 0 Å². The van der Waals surface area contributed by atoms with Gasteiger partial charge >= 0.3 is 10.2 Å². The molecule has 100 valence electrons. The van der Waals surface area contributed by atoms with E-state index >= 15 is 0 Å². The molecule has 0 radical (unpaired) electrons. The lowest BCUT2D eigenvalue weighted by atomic mass is 9.98. The van der Waals surface area contributed by atoms with Gasteiger partial charge in [0.25, 0.3) is 0 Å². The Labute approximate surface area is 108 Å². The van der Waals surface area contributed by atoms with Crippen LogP contribution in [0.25, 0.3) is 0 Å². The zero-order valence-electron chi connectivity index (χ0n) is 10.7. The van der Waals surface area contributed by atoms with Crippen LogP contribution in [0.5, 0.6) is 0 Å². The maximum absolute atomic E-state index is 12.3. The summed E-state index contributed by atoms with van der Waals surface area (Å²) in [6.07, 6.45) is 0.802. The minimum absolute atomic E-state index is 0.195. The molecule has 2 rings (SSSR count). The van der Waals surface area contributed by atoms with Crippen molar-refractivity contribution in [3.05, 3.63) is 29.8 Å². The number of nitrogens with two attached hydrogens (primary N) is 1. The second-order valence-corrected chi connectivity index (χ2v) is 6.72. The molecule has 2 N–H and O–H groups in total. The molecule has 0 saturated heterocycles. The Balaban J connectivity index is 2.43.